The lowest BCUT2D eigenvalue weighted by Gasteiger charge is -2.14. The van der Waals surface area contributed by atoms with E-state index >= 15 is 0 Å². The number of carbonyl (C=O) groups excluding carboxylic acids is 1. The number of hydrogen-bond donors (Lipinski definition) is 1. The van der Waals surface area contributed by atoms with Crippen molar-refractivity contribution in [3.05, 3.63) is 64.7 Å². The standard InChI is InChI=1S/C20H17ClF4N4O2S/c1-11(31-14-6-4-13(22)5-7-14)18-27-28-19(29(18)2)32-10-17(30)26-16-9-12(20(23,24)25)3-8-15(16)21/h3-9,11H,10H2,1-2H3,(H,26,30). The monoisotopic (exact) mass is 488 g/mol. The van der Waals surface area contributed by atoms with Crippen LogP contribution in [0.25, 0.3) is 0 Å². The van der Waals surface area contributed by atoms with Crippen LogP contribution in [0.1, 0.15) is 24.4 Å². The maximum Gasteiger partial charge on any atom is 0.416 e. The van der Waals surface area contributed by atoms with Gasteiger partial charge in [-0.15, -0.1) is 10.2 Å². The maximum atomic E-state index is 13.0. The second kappa shape index (κ2) is 9.78. The predicted octanol–water partition coefficient (Wildman–Crippen LogP) is 5.50. The van der Waals surface area contributed by atoms with Gasteiger partial charge in [-0.25, -0.2) is 4.39 Å². The summed E-state index contributed by atoms with van der Waals surface area (Å²) >= 11 is 6.94. The minimum atomic E-state index is -4.56. The van der Waals surface area contributed by atoms with Crippen molar-refractivity contribution in [1.29, 1.82) is 0 Å². The van der Waals surface area contributed by atoms with Crippen molar-refractivity contribution in [3.63, 3.8) is 0 Å². The molecular weight excluding hydrogens is 472 g/mol. The number of rotatable bonds is 7. The zero-order chi connectivity index (χ0) is 23.5. The molecule has 1 N–H and O–H groups in total. The molecular formula is C20H17ClF4N4O2S. The number of alkyl halides is 3. The fourth-order valence-corrected chi connectivity index (χ4v) is 3.57. The summed E-state index contributed by atoms with van der Waals surface area (Å²) in [6.45, 7) is 1.74. The first-order valence-electron chi connectivity index (χ1n) is 9.15. The highest BCUT2D eigenvalue weighted by atomic mass is 35.5. The second-order valence-electron chi connectivity index (χ2n) is 6.64. The molecule has 170 valence electrons. The van der Waals surface area contributed by atoms with Crippen molar-refractivity contribution in [2.75, 3.05) is 11.1 Å². The van der Waals surface area contributed by atoms with Crippen molar-refractivity contribution in [2.24, 2.45) is 7.05 Å². The smallest absolute Gasteiger partial charge is 0.416 e. The molecule has 0 aliphatic heterocycles. The average molecular weight is 489 g/mol. The van der Waals surface area contributed by atoms with Crippen LogP contribution in [0.4, 0.5) is 23.2 Å². The van der Waals surface area contributed by atoms with Gasteiger partial charge in [-0.05, 0) is 49.4 Å². The molecule has 1 aromatic heterocycles. The fraction of sp³-hybridized carbons (Fsp3) is 0.250. The topological polar surface area (TPSA) is 69.0 Å². The molecule has 1 heterocycles. The van der Waals surface area contributed by atoms with Crippen LogP contribution in [0.3, 0.4) is 0 Å². The molecule has 0 bridgehead atoms. The molecule has 1 atom stereocenters. The summed E-state index contributed by atoms with van der Waals surface area (Å²) in [5.74, 6) is -0.152. The minimum Gasteiger partial charge on any atom is -0.483 e. The number of halogens is 5. The molecule has 6 nitrogen and oxygen atoms in total. The Morgan fingerprint density at radius 1 is 1.22 bits per heavy atom. The zero-order valence-corrected chi connectivity index (χ0v) is 18.4. The van der Waals surface area contributed by atoms with Crippen LogP contribution in [0.5, 0.6) is 5.75 Å². The van der Waals surface area contributed by atoms with E-state index in [2.05, 4.69) is 15.5 Å². The second-order valence-corrected chi connectivity index (χ2v) is 7.99. The van der Waals surface area contributed by atoms with Crippen molar-refractivity contribution >= 4 is 35.0 Å². The Bertz CT molecular complexity index is 1110. The van der Waals surface area contributed by atoms with E-state index < -0.39 is 23.8 Å². The van der Waals surface area contributed by atoms with E-state index in [4.69, 9.17) is 16.3 Å². The van der Waals surface area contributed by atoms with Crippen LogP contribution in [-0.2, 0) is 18.0 Å². The quantitative estimate of drug-likeness (QED) is 0.351. The van der Waals surface area contributed by atoms with Gasteiger partial charge >= 0.3 is 6.18 Å². The number of aromatic nitrogens is 3. The fourth-order valence-electron chi connectivity index (χ4n) is 2.69. The first-order chi connectivity index (χ1) is 15.0. The van der Waals surface area contributed by atoms with Crippen LogP contribution in [-0.4, -0.2) is 26.4 Å². The van der Waals surface area contributed by atoms with Gasteiger partial charge in [-0.2, -0.15) is 13.2 Å². The Balaban J connectivity index is 1.61. The number of hydrogen-bond acceptors (Lipinski definition) is 5. The molecule has 3 aromatic rings. The van der Waals surface area contributed by atoms with Gasteiger partial charge in [-0.3, -0.25) is 4.79 Å². The Labute approximate surface area is 189 Å². The van der Waals surface area contributed by atoms with E-state index in [9.17, 15) is 22.4 Å². The summed E-state index contributed by atoms with van der Waals surface area (Å²) in [7, 11) is 1.68. The van der Waals surface area contributed by atoms with Gasteiger partial charge in [0, 0.05) is 7.05 Å². The molecule has 1 amide bonds. The summed E-state index contributed by atoms with van der Waals surface area (Å²) in [6, 6.07) is 8.21. The highest BCUT2D eigenvalue weighted by Gasteiger charge is 2.31. The molecule has 0 fully saturated rings. The minimum absolute atomic E-state index is 0.0101. The van der Waals surface area contributed by atoms with Crippen LogP contribution >= 0.6 is 23.4 Å². The SMILES string of the molecule is CC(Oc1ccc(F)cc1)c1nnc(SCC(=O)Nc2cc(C(F)(F)F)ccc2Cl)n1C. The van der Waals surface area contributed by atoms with Crippen molar-refractivity contribution in [3.8, 4) is 5.75 Å². The Morgan fingerprint density at radius 3 is 2.56 bits per heavy atom. The summed E-state index contributed by atoms with van der Waals surface area (Å²) in [5.41, 5.74) is -1.05. The van der Waals surface area contributed by atoms with Crippen LogP contribution < -0.4 is 10.1 Å². The van der Waals surface area contributed by atoms with Crippen molar-refractivity contribution in [2.45, 2.75) is 24.4 Å². The maximum absolute atomic E-state index is 13.0. The Hall–Kier alpha value is -2.79. The summed E-state index contributed by atoms with van der Waals surface area (Å²) in [5, 5.41) is 10.8. The van der Waals surface area contributed by atoms with Gasteiger partial charge in [-0.1, -0.05) is 23.4 Å². The summed E-state index contributed by atoms with van der Waals surface area (Å²) < 4.78 is 59.0. The van der Waals surface area contributed by atoms with Gasteiger partial charge in [0.1, 0.15) is 11.6 Å². The first-order valence-corrected chi connectivity index (χ1v) is 10.5. The third-order valence-electron chi connectivity index (χ3n) is 4.26. The number of carbonyl (C=O) groups is 1. The van der Waals surface area contributed by atoms with E-state index in [0.717, 1.165) is 30.0 Å². The highest BCUT2D eigenvalue weighted by Crippen LogP contribution is 2.34. The summed E-state index contributed by atoms with van der Waals surface area (Å²) in [4.78, 5) is 12.2. The van der Waals surface area contributed by atoms with E-state index in [1.807, 2.05) is 0 Å². The molecule has 0 aliphatic rings. The van der Waals surface area contributed by atoms with Crippen LogP contribution in [0.2, 0.25) is 5.02 Å². The largest absolute Gasteiger partial charge is 0.483 e. The number of benzene rings is 2. The molecule has 32 heavy (non-hydrogen) atoms. The number of nitrogens with one attached hydrogen (secondary N) is 1. The predicted molar refractivity (Wildman–Crippen MR) is 112 cm³/mol. The van der Waals surface area contributed by atoms with Gasteiger partial charge in [0.15, 0.2) is 17.1 Å². The molecule has 0 saturated heterocycles. The molecule has 3 rings (SSSR count). The molecule has 0 saturated carbocycles. The highest BCUT2D eigenvalue weighted by molar-refractivity contribution is 7.99. The third kappa shape index (κ3) is 5.92. The Kier molecular flexibility index (Phi) is 7.29. The van der Waals surface area contributed by atoms with E-state index in [1.165, 1.54) is 24.3 Å². The number of nitrogens with zero attached hydrogens (tertiary/aromatic N) is 3. The zero-order valence-electron chi connectivity index (χ0n) is 16.8. The molecule has 12 heteroatoms. The molecule has 1 unspecified atom stereocenters. The van der Waals surface area contributed by atoms with E-state index in [-0.39, 0.29) is 22.3 Å². The number of anilines is 1. The Morgan fingerprint density at radius 2 is 1.91 bits per heavy atom. The molecule has 0 aliphatic carbocycles. The first kappa shape index (κ1) is 23.9. The number of thioether (sulfide) groups is 1. The van der Waals surface area contributed by atoms with Crippen LogP contribution in [0, 0.1) is 5.82 Å². The van der Waals surface area contributed by atoms with Gasteiger partial charge in [0.05, 0.1) is 22.0 Å². The normalized spacial score (nSPS) is 12.5. The third-order valence-corrected chi connectivity index (χ3v) is 5.61. The molecule has 0 spiro atoms. The van der Waals surface area contributed by atoms with Crippen molar-refractivity contribution < 1.29 is 27.1 Å². The lowest BCUT2D eigenvalue weighted by atomic mass is 10.2. The summed E-state index contributed by atoms with van der Waals surface area (Å²) in [6.07, 6.45) is -5.06. The molecule has 0 radical (unpaired) electrons. The van der Waals surface area contributed by atoms with Gasteiger partial charge in [0.25, 0.3) is 0 Å². The van der Waals surface area contributed by atoms with E-state index in [1.54, 1.807) is 18.5 Å². The van der Waals surface area contributed by atoms with Gasteiger partial charge < -0.3 is 14.6 Å². The lowest BCUT2D eigenvalue weighted by molar-refractivity contribution is -0.137. The van der Waals surface area contributed by atoms with Gasteiger partial charge in [0.2, 0.25) is 5.91 Å². The van der Waals surface area contributed by atoms with E-state index in [0.29, 0.717) is 16.7 Å². The lowest BCUT2D eigenvalue weighted by Crippen LogP contribution is -2.16. The average Bonchev–Trinajstić information content (AvgIpc) is 3.09. The number of ether oxygens (including phenoxy) is 1. The van der Waals surface area contributed by atoms with Crippen LogP contribution in [0.15, 0.2) is 47.6 Å². The molecule has 2 aromatic carbocycles. The number of amides is 1. The van der Waals surface area contributed by atoms with Crippen molar-refractivity contribution in [1.82, 2.24) is 14.8 Å².